The zero-order chi connectivity index (χ0) is 14.7. The Kier molecular flexibility index (Phi) is 4.68. The van der Waals surface area contributed by atoms with Gasteiger partial charge in [-0.15, -0.1) is 0 Å². The number of nitrogens with zero attached hydrogens (tertiary/aromatic N) is 2. The summed E-state index contributed by atoms with van der Waals surface area (Å²) in [5.41, 5.74) is -1.11. The molecule has 0 saturated carbocycles. The second-order valence-electron chi connectivity index (χ2n) is 5.71. The Balaban J connectivity index is 2.76. The van der Waals surface area contributed by atoms with Crippen molar-refractivity contribution in [2.24, 2.45) is 0 Å². The highest BCUT2D eigenvalue weighted by Crippen LogP contribution is 2.19. The summed E-state index contributed by atoms with van der Waals surface area (Å²) < 4.78 is 5.14. The molecule has 19 heavy (non-hydrogen) atoms. The molecule has 0 amide bonds. The van der Waals surface area contributed by atoms with Crippen LogP contribution in [0, 0.1) is 0 Å². The first-order chi connectivity index (χ1) is 8.75. The minimum absolute atomic E-state index is 0.179. The second kappa shape index (κ2) is 5.69. The lowest BCUT2D eigenvalue weighted by atomic mass is 9.93. The number of carbonyl (C=O) groups is 1. The van der Waals surface area contributed by atoms with Crippen LogP contribution in [0.1, 0.15) is 59.2 Å². The van der Waals surface area contributed by atoms with Gasteiger partial charge in [0.05, 0.1) is 6.54 Å². The monoisotopic (exact) mass is 269 g/mol. The molecule has 1 aromatic rings. The molecular weight excluding hydrogens is 246 g/mol. The predicted octanol–water partition coefficient (Wildman–Crippen LogP) is 2.10. The van der Waals surface area contributed by atoms with E-state index < -0.39 is 11.5 Å². The van der Waals surface area contributed by atoms with Gasteiger partial charge in [0.1, 0.15) is 5.54 Å². The smallest absolute Gasteiger partial charge is 0.323 e. The Labute approximate surface area is 113 Å². The molecule has 2 N–H and O–H groups in total. The number of rotatable bonds is 6. The van der Waals surface area contributed by atoms with Crippen LogP contribution in [-0.2, 0) is 16.8 Å². The van der Waals surface area contributed by atoms with Crippen LogP contribution in [0.25, 0.3) is 0 Å². The fraction of sp³-hybridized carbons (Fsp3) is 0.769. The summed E-state index contributed by atoms with van der Waals surface area (Å²) in [4.78, 5) is 15.6. The van der Waals surface area contributed by atoms with Gasteiger partial charge in [-0.1, -0.05) is 39.8 Å². The number of aromatic nitrogens is 2. The van der Waals surface area contributed by atoms with E-state index in [9.17, 15) is 9.90 Å². The summed E-state index contributed by atoms with van der Waals surface area (Å²) in [6.45, 7) is 9.94. The Morgan fingerprint density at radius 1 is 1.32 bits per heavy atom. The van der Waals surface area contributed by atoms with E-state index in [1.54, 1.807) is 0 Å². The predicted molar refractivity (Wildman–Crippen MR) is 70.8 cm³/mol. The van der Waals surface area contributed by atoms with Crippen molar-refractivity contribution in [1.29, 1.82) is 0 Å². The first-order valence-electron chi connectivity index (χ1n) is 6.56. The highest BCUT2D eigenvalue weighted by molar-refractivity contribution is 5.78. The number of carboxylic acids is 1. The van der Waals surface area contributed by atoms with Gasteiger partial charge in [0.25, 0.3) is 0 Å². The van der Waals surface area contributed by atoms with Crippen molar-refractivity contribution in [3.8, 4) is 0 Å². The normalized spacial score (nSPS) is 12.7. The van der Waals surface area contributed by atoms with Crippen LogP contribution in [0.2, 0.25) is 0 Å². The molecule has 6 nitrogen and oxygen atoms in total. The van der Waals surface area contributed by atoms with Gasteiger partial charge in [0, 0.05) is 5.41 Å². The van der Waals surface area contributed by atoms with Gasteiger partial charge >= 0.3 is 5.97 Å². The molecular formula is C13H23N3O3. The Hall–Kier alpha value is -1.43. The molecule has 0 radical (unpaired) electrons. The fourth-order valence-electron chi connectivity index (χ4n) is 1.75. The van der Waals surface area contributed by atoms with Crippen molar-refractivity contribution < 1.29 is 14.4 Å². The van der Waals surface area contributed by atoms with Gasteiger partial charge in [-0.05, 0) is 12.8 Å². The zero-order valence-electron chi connectivity index (χ0n) is 12.3. The van der Waals surface area contributed by atoms with Crippen molar-refractivity contribution >= 4 is 5.97 Å². The number of aliphatic carboxylic acids is 1. The fourth-order valence-corrected chi connectivity index (χ4v) is 1.75. The van der Waals surface area contributed by atoms with Crippen LogP contribution in [0.5, 0.6) is 0 Å². The molecule has 108 valence electrons. The zero-order valence-corrected chi connectivity index (χ0v) is 12.3. The third-order valence-corrected chi connectivity index (χ3v) is 3.33. The van der Waals surface area contributed by atoms with Gasteiger partial charge in [-0.2, -0.15) is 4.98 Å². The maximum absolute atomic E-state index is 11.3. The molecule has 0 aliphatic carbocycles. The topological polar surface area (TPSA) is 88.3 Å². The molecule has 1 rings (SSSR count). The second-order valence-corrected chi connectivity index (χ2v) is 5.71. The molecule has 0 bridgehead atoms. The Bertz CT molecular complexity index is 431. The molecule has 0 atom stereocenters. The molecule has 1 heterocycles. The number of hydrogen-bond donors (Lipinski definition) is 2. The number of carboxylic acid groups (broad SMARTS) is 1. The quantitative estimate of drug-likeness (QED) is 0.822. The average molecular weight is 269 g/mol. The molecule has 0 fully saturated rings. The van der Waals surface area contributed by atoms with E-state index in [0.29, 0.717) is 24.6 Å². The van der Waals surface area contributed by atoms with E-state index in [4.69, 9.17) is 4.52 Å². The SMILES string of the molecule is CCC(CC)(NCc1nc(C(C)(C)C)no1)C(=O)O. The molecule has 6 heteroatoms. The summed E-state index contributed by atoms with van der Waals surface area (Å²) in [7, 11) is 0. The molecule has 0 saturated heterocycles. The molecule has 0 spiro atoms. The van der Waals surface area contributed by atoms with Crippen molar-refractivity contribution in [2.75, 3.05) is 0 Å². The molecule has 0 aromatic carbocycles. The van der Waals surface area contributed by atoms with Crippen molar-refractivity contribution in [1.82, 2.24) is 15.5 Å². The third-order valence-electron chi connectivity index (χ3n) is 3.33. The van der Waals surface area contributed by atoms with Crippen LogP contribution >= 0.6 is 0 Å². The third kappa shape index (κ3) is 3.53. The standard InChI is InChI=1S/C13H23N3O3/c1-6-13(7-2,11(17)18)14-8-9-15-10(16-19-9)12(3,4)5/h14H,6-8H2,1-5H3,(H,17,18). The van der Waals surface area contributed by atoms with Gasteiger partial charge < -0.3 is 9.63 Å². The maximum Gasteiger partial charge on any atom is 0.323 e. The van der Waals surface area contributed by atoms with E-state index >= 15 is 0 Å². The summed E-state index contributed by atoms with van der Waals surface area (Å²) in [5, 5.41) is 16.2. The molecule has 0 aliphatic heterocycles. The van der Waals surface area contributed by atoms with E-state index in [-0.39, 0.29) is 12.0 Å². The van der Waals surface area contributed by atoms with Crippen LogP contribution in [0.3, 0.4) is 0 Å². The Morgan fingerprint density at radius 2 is 1.89 bits per heavy atom. The van der Waals surface area contributed by atoms with Crippen LogP contribution < -0.4 is 5.32 Å². The average Bonchev–Trinajstić information content (AvgIpc) is 2.79. The maximum atomic E-state index is 11.3. The minimum atomic E-state index is -0.934. The minimum Gasteiger partial charge on any atom is -0.480 e. The largest absolute Gasteiger partial charge is 0.480 e. The van der Waals surface area contributed by atoms with Crippen LogP contribution in [0.4, 0.5) is 0 Å². The van der Waals surface area contributed by atoms with E-state index in [0.717, 1.165) is 0 Å². The van der Waals surface area contributed by atoms with Crippen molar-refractivity contribution in [3.05, 3.63) is 11.7 Å². The van der Waals surface area contributed by atoms with Gasteiger partial charge in [0.2, 0.25) is 5.89 Å². The van der Waals surface area contributed by atoms with E-state index in [2.05, 4.69) is 15.5 Å². The molecule has 0 unspecified atom stereocenters. The number of hydrogen-bond acceptors (Lipinski definition) is 5. The Morgan fingerprint density at radius 3 is 2.26 bits per heavy atom. The lowest BCUT2D eigenvalue weighted by molar-refractivity contribution is -0.145. The lowest BCUT2D eigenvalue weighted by Gasteiger charge is -2.27. The number of nitrogens with one attached hydrogen (secondary N) is 1. The van der Waals surface area contributed by atoms with Crippen molar-refractivity contribution in [3.63, 3.8) is 0 Å². The van der Waals surface area contributed by atoms with Crippen molar-refractivity contribution in [2.45, 2.75) is 65.0 Å². The molecule has 1 aromatic heterocycles. The summed E-state index contributed by atoms with van der Waals surface area (Å²) in [6, 6.07) is 0. The highest BCUT2D eigenvalue weighted by atomic mass is 16.5. The van der Waals surface area contributed by atoms with Crippen LogP contribution in [-0.4, -0.2) is 26.8 Å². The molecule has 0 aliphatic rings. The van der Waals surface area contributed by atoms with E-state index in [1.165, 1.54) is 0 Å². The van der Waals surface area contributed by atoms with Gasteiger partial charge in [-0.3, -0.25) is 10.1 Å². The summed E-state index contributed by atoms with van der Waals surface area (Å²) in [5.74, 6) is 0.184. The van der Waals surface area contributed by atoms with Gasteiger partial charge in [0.15, 0.2) is 5.82 Å². The van der Waals surface area contributed by atoms with Crippen LogP contribution in [0.15, 0.2) is 4.52 Å². The van der Waals surface area contributed by atoms with E-state index in [1.807, 2.05) is 34.6 Å². The first-order valence-corrected chi connectivity index (χ1v) is 6.56. The highest BCUT2D eigenvalue weighted by Gasteiger charge is 2.34. The summed E-state index contributed by atoms with van der Waals surface area (Å²) >= 11 is 0. The lowest BCUT2D eigenvalue weighted by Crippen LogP contribution is -2.50. The first kappa shape index (κ1) is 15.6. The van der Waals surface area contributed by atoms with Gasteiger partial charge in [-0.25, -0.2) is 0 Å². The summed E-state index contributed by atoms with van der Waals surface area (Å²) in [6.07, 6.45) is 0.998.